The predicted octanol–water partition coefficient (Wildman–Crippen LogP) is 7.86. The lowest BCUT2D eigenvalue weighted by atomic mass is 9.99. The van der Waals surface area contributed by atoms with Crippen LogP contribution >= 0.6 is 0 Å². The van der Waals surface area contributed by atoms with Gasteiger partial charge in [-0.05, 0) is 71.9 Å². The molecule has 0 radical (unpaired) electrons. The summed E-state index contributed by atoms with van der Waals surface area (Å²) in [6.45, 7) is 2.66. The molecule has 4 aromatic carbocycles. The van der Waals surface area contributed by atoms with E-state index in [1.165, 1.54) is 6.92 Å². The quantitative estimate of drug-likeness (QED) is 0.0631. The fourth-order valence-corrected chi connectivity index (χ4v) is 4.51. The van der Waals surface area contributed by atoms with E-state index in [4.69, 9.17) is 14.2 Å². The Balaban J connectivity index is 1.15. The minimum absolute atomic E-state index is 0.0304. The van der Waals surface area contributed by atoms with E-state index in [1.807, 2.05) is 91.0 Å². The summed E-state index contributed by atoms with van der Waals surface area (Å²) in [6.07, 6.45) is 6.13. The minimum atomic E-state index is -0.508. The molecule has 0 aromatic heterocycles. The first-order chi connectivity index (χ1) is 21.0. The Kier molecular flexibility index (Phi) is 12.1. The van der Waals surface area contributed by atoms with Crippen molar-refractivity contribution in [2.45, 2.75) is 38.7 Å². The number of allylic oxidation sites excluding steroid dienone is 1. The van der Waals surface area contributed by atoms with Crippen molar-refractivity contribution in [2.75, 3.05) is 19.8 Å². The molecule has 0 fully saturated rings. The van der Waals surface area contributed by atoms with Gasteiger partial charge in [0.1, 0.15) is 24.7 Å². The number of esters is 1. The van der Waals surface area contributed by atoms with Crippen LogP contribution in [0.2, 0.25) is 0 Å². The molecule has 43 heavy (non-hydrogen) atoms. The fraction of sp³-hybridized carbons (Fsp3) is 0.243. The molecule has 6 nitrogen and oxygen atoms in total. The van der Waals surface area contributed by atoms with Gasteiger partial charge in [-0.3, -0.25) is 9.59 Å². The molecule has 0 aliphatic heterocycles. The lowest BCUT2D eigenvalue weighted by molar-refractivity contribution is -0.141. The predicted molar refractivity (Wildman–Crippen MR) is 169 cm³/mol. The maximum Gasteiger partial charge on any atom is 0.302 e. The average molecular weight is 579 g/mol. The summed E-state index contributed by atoms with van der Waals surface area (Å²) in [6, 6.07) is 32.6. The summed E-state index contributed by atoms with van der Waals surface area (Å²) >= 11 is 0. The topological polar surface area (TPSA) is 82.1 Å². The molecule has 6 heteroatoms. The molecule has 1 atom stereocenters. The number of aliphatic hydroxyl groups excluding tert-OH is 1. The van der Waals surface area contributed by atoms with Gasteiger partial charge in [-0.25, -0.2) is 0 Å². The van der Waals surface area contributed by atoms with Crippen molar-refractivity contribution in [3.63, 3.8) is 0 Å². The molecule has 222 valence electrons. The van der Waals surface area contributed by atoms with Gasteiger partial charge in [0.05, 0.1) is 12.7 Å². The number of unbranched alkanes of at least 4 members (excludes halogenated alkanes) is 2. The minimum Gasteiger partial charge on any atom is -0.490 e. The highest BCUT2D eigenvalue weighted by molar-refractivity contribution is 6.06. The fourth-order valence-electron chi connectivity index (χ4n) is 4.51. The molecule has 0 spiro atoms. The van der Waals surface area contributed by atoms with Crippen LogP contribution in [0.5, 0.6) is 11.5 Å². The summed E-state index contributed by atoms with van der Waals surface area (Å²) in [5.74, 6) is 1.21. The van der Waals surface area contributed by atoms with E-state index in [9.17, 15) is 14.7 Å². The second-order valence-corrected chi connectivity index (χ2v) is 10.2. The number of ketones is 1. The number of rotatable bonds is 16. The van der Waals surface area contributed by atoms with Crippen molar-refractivity contribution >= 4 is 17.8 Å². The average Bonchev–Trinajstić information content (AvgIpc) is 3.04. The zero-order valence-electron chi connectivity index (χ0n) is 24.5. The van der Waals surface area contributed by atoms with Crippen LogP contribution in [0.1, 0.15) is 60.2 Å². The Hall–Kier alpha value is -4.68. The van der Waals surface area contributed by atoms with Crippen LogP contribution in [0, 0.1) is 0 Å². The first kappa shape index (κ1) is 31.3. The number of ether oxygens (including phenoxy) is 3. The van der Waals surface area contributed by atoms with Crippen molar-refractivity contribution in [3.05, 3.63) is 126 Å². The van der Waals surface area contributed by atoms with Crippen molar-refractivity contribution in [1.82, 2.24) is 0 Å². The monoisotopic (exact) mass is 578 g/mol. The molecule has 0 aliphatic rings. The van der Waals surface area contributed by atoms with Crippen LogP contribution in [0.3, 0.4) is 0 Å². The molecule has 4 aromatic rings. The maximum atomic E-state index is 12.2. The van der Waals surface area contributed by atoms with E-state index in [0.717, 1.165) is 53.0 Å². The zero-order chi connectivity index (χ0) is 30.3. The molecule has 0 heterocycles. The Morgan fingerprint density at radius 2 is 1.28 bits per heavy atom. The smallest absolute Gasteiger partial charge is 0.302 e. The summed E-state index contributed by atoms with van der Waals surface area (Å²) in [5.41, 5.74) is 4.61. The first-order valence-electron chi connectivity index (χ1n) is 14.6. The zero-order valence-corrected chi connectivity index (χ0v) is 24.5. The molecular weight excluding hydrogens is 540 g/mol. The van der Waals surface area contributed by atoms with Gasteiger partial charge < -0.3 is 19.3 Å². The van der Waals surface area contributed by atoms with Gasteiger partial charge >= 0.3 is 5.97 Å². The standard InChI is InChI=1S/C37H38O6/c1-28(38)41-25-7-3-6-10-36(39)33-16-14-30(15-17-33)31-18-22-35(23-19-31)43-27-26-42-34-20-11-29(12-21-34)13-24-37(40)32-8-4-2-5-9-32/h2,4-5,8-9,11-24,36,39H,3,6-7,10,25-27H2,1H3/b24-13+. The van der Waals surface area contributed by atoms with Crippen molar-refractivity contribution in [1.29, 1.82) is 0 Å². The highest BCUT2D eigenvalue weighted by atomic mass is 16.5. The first-order valence-corrected chi connectivity index (χ1v) is 14.6. The highest BCUT2D eigenvalue weighted by Gasteiger charge is 2.08. The van der Waals surface area contributed by atoms with Gasteiger partial charge in [0, 0.05) is 12.5 Å². The van der Waals surface area contributed by atoms with Crippen LogP contribution in [-0.2, 0) is 9.53 Å². The summed E-state index contributed by atoms with van der Waals surface area (Å²) < 4.78 is 16.6. The van der Waals surface area contributed by atoms with Gasteiger partial charge in [-0.1, -0.05) is 91.4 Å². The molecule has 0 amide bonds. The Morgan fingerprint density at radius 3 is 1.88 bits per heavy atom. The Bertz CT molecular complexity index is 1440. The van der Waals surface area contributed by atoms with Crippen molar-refractivity contribution in [2.24, 2.45) is 0 Å². The SMILES string of the molecule is CC(=O)OCCCCCC(O)c1ccc(-c2ccc(OCCOc3ccc(/C=C/C(=O)c4ccccc4)cc3)cc2)cc1. The molecule has 0 aliphatic carbocycles. The van der Waals surface area contributed by atoms with Gasteiger partial charge in [0.15, 0.2) is 5.78 Å². The molecule has 1 unspecified atom stereocenters. The van der Waals surface area contributed by atoms with E-state index in [-0.39, 0.29) is 11.8 Å². The number of hydrogen-bond donors (Lipinski definition) is 1. The molecule has 0 saturated carbocycles. The number of aliphatic hydroxyl groups is 1. The number of hydrogen-bond acceptors (Lipinski definition) is 6. The summed E-state index contributed by atoms with van der Waals surface area (Å²) in [7, 11) is 0. The van der Waals surface area contributed by atoms with Crippen molar-refractivity contribution < 1.29 is 28.9 Å². The molecular formula is C37H38O6. The summed E-state index contributed by atoms with van der Waals surface area (Å²) in [4.78, 5) is 23.0. The van der Waals surface area contributed by atoms with Crippen LogP contribution in [0.4, 0.5) is 0 Å². The van der Waals surface area contributed by atoms with Gasteiger partial charge in [-0.2, -0.15) is 0 Å². The van der Waals surface area contributed by atoms with Crippen LogP contribution < -0.4 is 9.47 Å². The maximum absolute atomic E-state index is 12.2. The molecule has 1 N–H and O–H groups in total. The second kappa shape index (κ2) is 16.7. The third kappa shape index (κ3) is 10.6. The van der Waals surface area contributed by atoms with E-state index in [2.05, 4.69) is 0 Å². The van der Waals surface area contributed by atoms with E-state index >= 15 is 0 Å². The number of carbonyl (C=O) groups is 2. The van der Waals surface area contributed by atoms with Gasteiger partial charge in [0.25, 0.3) is 0 Å². The lowest BCUT2D eigenvalue weighted by Crippen LogP contribution is -2.08. The van der Waals surface area contributed by atoms with Gasteiger partial charge in [-0.15, -0.1) is 0 Å². The normalized spacial score (nSPS) is 11.7. The van der Waals surface area contributed by atoms with Crippen LogP contribution in [-0.4, -0.2) is 36.7 Å². The van der Waals surface area contributed by atoms with E-state index < -0.39 is 6.10 Å². The molecule has 0 bridgehead atoms. The van der Waals surface area contributed by atoms with Crippen LogP contribution in [0.15, 0.2) is 109 Å². The Morgan fingerprint density at radius 1 is 0.698 bits per heavy atom. The third-order valence-electron chi connectivity index (χ3n) is 6.90. The van der Waals surface area contributed by atoms with Crippen LogP contribution in [0.25, 0.3) is 17.2 Å². The van der Waals surface area contributed by atoms with E-state index in [0.29, 0.717) is 31.8 Å². The lowest BCUT2D eigenvalue weighted by Gasteiger charge is -2.12. The molecule has 4 rings (SSSR count). The second-order valence-electron chi connectivity index (χ2n) is 10.2. The number of carbonyl (C=O) groups excluding carboxylic acids is 2. The Labute approximate surface area is 253 Å². The summed E-state index contributed by atoms with van der Waals surface area (Å²) in [5, 5.41) is 10.5. The molecule has 0 saturated heterocycles. The largest absolute Gasteiger partial charge is 0.490 e. The highest BCUT2D eigenvalue weighted by Crippen LogP contribution is 2.26. The number of benzene rings is 4. The van der Waals surface area contributed by atoms with Crippen molar-refractivity contribution in [3.8, 4) is 22.6 Å². The van der Waals surface area contributed by atoms with E-state index in [1.54, 1.807) is 24.3 Å². The van der Waals surface area contributed by atoms with Gasteiger partial charge in [0.2, 0.25) is 0 Å². The third-order valence-corrected chi connectivity index (χ3v) is 6.90.